The van der Waals surface area contributed by atoms with Crippen LogP contribution >= 0.6 is 11.3 Å². The number of nitrogens with zero attached hydrogens (tertiary/aromatic N) is 2. The van der Waals surface area contributed by atoms with Gasteiger partial charge in [-0.1, -0.05) is 23.8 Å². The van der Waals surface area contributed by atoms with Crippen LogP contribution in [0.2, 0.25) is 0 Å². The molecule has 1 fully saturated rings. The van der Waals surface area contributed by atoms with Gasteiger partial charge in [0.1, 0.15) is 6.54 Å². The molecular weight excluding hydrogens is 284 g/mol. The molecule has 1 aromatic heterocycles. The summed E-state index contributed by atoms with van der Waals surface area (Å²) >= 11 is 1.41. The summed E-state index contributed by atoms with van der Waals surface area (Å²) in [6, 6.07) is 11.5. The van der Waals surface area contributed by atoms with Crippen LogP contribution in [0.1, 0.15) is 15.2 Å². The van der Waals surface area contributed by atoms with Gasteiger partial charge in [0, 0.05) is 18.8 Å². The van der Waals surface area contributed by atoms with Gasteiger partial charge in [0.2, 0.25) is 5.91 Å². The van der Waals surface area contributed by atoms with Crippen molar-refractivity contribution in [2.75, 3.05) is 24.5 Å². The van der Waals surface area contributed by atoms with Crippen molar-refractivity contribution in [3.63, 3.8) is 0 Å². The number of rotatable bonds is 2. The van der Waals surface area contributed by atoms with Gasteiger partial charge in [-0.3, -0.25) is 9.59 Å². The number of thiophene rings is 1. The molecule has 0 saturated carbocycles. The fourth-order valence-electron chi connectivity index (χ4n) is 2.40. The maximum atomic E-state index is 12.3. The van der Waals surface area contributed by atoms with Gasteiger partial charge in [-0.2, -0.15) is 0 Å². The van der Waals surface area contributed by atoms with Crippen LogP contribution in [0.3, 0.4) is 0 Å². The zero-order valence-corrected chi connectivity index (χ0v) is 12.6. The van der Waals surface area contributed by atoms with Crippen LogP contribution in [0, 0.1) is 6.92 Å². The van der Waals surface area contributed by atoms with Crippen molar-refractivity contribution in [1.82, 2.24) is 4.90 Å². The third-order valence-electron chi connectivity index (χ3n) is 3.59. The molecule has 1 aliphatic heterocycles. The predicted molar refractivity (Wildman–Crippen MR) is 83.8 cm³/mol. The number of piperazine rings is 1. The third kappa shape index (κ3) is 2.83. The van der Waals surface area contributed by atoms with E-state index in [4.69, 9.17) is 0 Å². The van der Waals surface area contributed by atoms with Gasteiger partial charge < -0.3 is 9.80 Å². The van der Waals surface area contributed by atoms with Crippen molar-refractivity contribution in [3.05, 3.63) is 52.2 Å². The zero-order valence-electron chi connectivity index (χ0n) is 11.8. The lowest BCUT2D eigenvalue weighted by molar-refractivity contribution is -0.120. The molecule has 0 bridgehead atoms. The standard InChI is InChI=1S/C16H16N2O2S/c1-12-4-6-13(7-5-12)18-9-8-17(11-15(18)19)16(20)14-3-2-10-21-14/h2-7,10H,8-9,11H2,1H3. The summed E-state index contributed by atoms with van der Waals surface area (Å²) in [6.45, 7) is 3.27. The summed E-state index contributed by atoms with van der Waals surface area (Å²) in [6.07, 6.45) is 0. The van der Waals surface area contributed by atoms with Gasteiger partial charge in [-0.05, 0) is 30.5 Å². The SMILES string of the molecule is Cc1ccc(N2CCN(C(=O)c3cccs3)CC2=O)cc1. The number of aryl methyl sites for hydroxylation is 1. The normalized spacial score (nSPS) is 15.4. The van der Waals surface area contributed by atoms with Crippen LogP contribution in [0.25, 0.3) is 0 Å². The average molecular weight is 300 g/mol. The van der Waals surface area contributed by atoms with E-state index in [2.05, 4.69) is 0 Å². The van der Waals surface area contributed by atoms with Crippen LogP contribution in [0.15, 0.2) is 41.8 Å². The van der Waals surface area contributed by atoms with E-state index in [1.165, 1.54) is 11.3 Å². The second-order valence-electron chi connectivity index (χ2n) is 5.08. The Morgan fingerprint density at radius 1 is 1.14 bits per heavy atom. The van der Waals surface area contributed by atoms with Gasteiger partial charge in [-0.15, -0.1) is 11.3 Å². The largest absolute Gasteiger partial charge is 0.327 e. The monoisotopic (exact) mass is 300 g/mol. The van der Waals surface area contributed by atoms with E-state index in [1.807, 2.05) is 42.6 Å². The maximum Gasteiger partial charge on any atom is 0.264 e. The Morgan fingerprint density at radius 2 is 1.90 bits per heavy atom. The highest BCUT2D eigenvalue weighted by molar-refractivity contribution is 7.12. The summed E-state index contributed by atoms with van der Waals surface area (Å²) in [7, 11) is 0. The highest BCUT2D eigenvalue weighted by atomic mass is 32.1. The molecular formula is C16H16N2O2S. The lowest BCUT2D eigenvalue weighted by Crippen LogP contribution is -2.52. The predicted octanol–water partition coefficient (Wildman–Crippen LogP) is 2.55. The number of benzene rings is 1. The molecule has 3 rings (SSSR count). The zero-order chi connectivity index (χ0) is 14.8. The second kappa shape index (κ2) is 5.69. The van der Waals surface area contributed by atoms with Crippen LogP contribution in [0.5, 0.6) is 0 Å². The minimum Gasteiger partial charge on any atom is -0.327 e. The van der Waals surface area contributed by atoms with Gasteiger partial charge in [0.05, 0.1) is 4.88 Å². The van der Waals surface area contributed by atoms with E-state index in [1.54, 1.807) is 15.9 Å². The molecule has 0 aliphatic carbocycles. The van der Waals surface area contributed by atoms with Crippen LogP contribution in [-0.2, 0) is 4.79 Å². The molecule has 0 atom stereocenters. The molecule has 4 nitrogen and oxygen atoms in total. The first-order valence-electron chi connectivity index (χ1n) is 6.85. The van der Waals surface area contributed by atoms with Gasteiger partial charge in [0.15, 0.2) is 0 Å². The van der Waals surface area contributed by atoms with Crippen LogP contribution < -0.4 is 4.90 Å². The Morgan fingerprint density at radius 3 is 2.52 bits per heavy atom. The molecule has 1 aromatic carbocycles. The van der Waals surface area contributed by atoms with E-state index >= 15 is 0 Å². The number of anilines is 1. The Kier molecular flexibility index (Phi) is 3.75. The minimum absolute atomic E-state index is 0.0324. The molecule has 0 N–H and O–H groups in total. The molecule has 2 aromatic rings. The summed E-state index contributed by atoms with van der Waals surface area (Å²) in [5.74, 6) is -0.0862. The first kappa shape index (κ1) is 13.8. The number of carbonyl (C=O) groups excluding carboxylic acids is 2. The quantitative estimate of drug-likeness (QED) is 0.855. The summed E-state index contributed by atoms with van der Waals surface area (Å²) in [5, 5.41) is 1.87. The molecule has 108 valence electrons. The minimum atomic E-state index is -0.0538. The van der Waals surface area contributed by atoms with E-state index in [-0.39, 0.29) is 18.4 Å². The van der Waals surface area contributed by atoms with Gasteiger partial charge in [0.25, 0.3) is 5.91 Å². The highest BCUT2D eigenvalue weighted by Crippen LogP contribution is 2.20. The van der Waals surface area contributed by atoms with Crippen molar-refractivity contribution < 1.29 is 9.59 Å². The van der Waals surface area contributed by atoms with Gasteiger partial charge in [-0.25, -0.2) is 0 Å². The average Bonchev–Trinajstić information content (AvgIpc) is 3.02. The van der Waals surface area contributed by atoms with Crippen molar-refractivity contribution in [2.45, 2.75) is 6.92 Å². The number of carbonyl (C=O) groups is 2. The Bertz CT molecular complexity index is 649. The molecule has 0 radical (unpaired) electrons. The van der Waals surface area contributed by atoms with E-state index in [0.717, 1.165) is 11.3 Å². The van der Waals surface area contributed by atoms with Crippen LogP contribution in [0.4, 0.5) is 5.69 Å². The Labute approximate surface area is 127 Å². The molecule has 1 aliphatic rings. The molecule has 2 heterocycles. The highest BCUT2D eigenvalue weighted by Gasteiger charge is 2.28. The summed E-state index contributed by atoms with van der Waals surface area (Å²) < 4.78 is 0. The van der Waals surface area contributed by atoms with Crippen molar-refractivity contribution in [3.8, 4) is 0 Å². The fourth-order valence-corrected chi connectivity index (χ4v) is 3.09. The Hall–Kier alpha value is -2.14. The van der Waals surface area contributed by atoms with E-state index < -0.39 is 0 Å². The molecule has 21 heavy (non-hydrogen) atoms. The first-order chi connectivity index (χ1) is 10.1. The molecule has 1 saturated heterocycles. The lowest BCUT2D eigenvalue weighted by Gasteiger charge is -2.34. The molecule has 2 amide bonds. The smallest absolute Gasteiger partial charge is 0.264 e. The molecule has 0 unspecified atom stereocenters. The molecule has 0 spiro atoms. The third-order valence-corrected chi connectivity index (χ3v) is 4.44. The van der Waals surface area contributed by atoms with Gasteiger partial charge >= 0.3 is 0 Å². The topological polar surface area (TPSA) is 40.6 Å². The van der Waals surface area contributed by atoms with Crippen molar-refractivity contribution >= 4 is 28.8 Å². The van der Waals surface area contributed by atoms with E-state index in [9.17, 15) is 9.59 Å². The first-order valence-corrected chi connectivity index (χ1v) is 7.73. The molecule has 5 heteroatoms. The number of amides is 2. The summed E-state index contributed by atoms with van der Waals surface area (Å²) in [4.78, 5) is 28.6. The second-order valence-corrected chi connectivity index (χ2v) is 6.03. The lowest BCUT2D eigenvalue weighted by atomic mass is 10.2. The Balaban J connectivity index is 1.71. The van der Waals surface area contributed by atoms with Crippen LogP contribution in [-0.4, -0.2) is 36.3 Å². The van der Waals surface area contributed by atoms with Crippen molar-refractivity contribution in [1.29, 1.82) is 0 Å². The van der Waals surface area contributed by atoms with E-state index in [0.29, 0.717) is 18.0 Å². The maximum absolute atomic E-state index is 12.3. The van der Waals surface area contributed by atoms with Crippen molar-refractivity contribution in [2.24, 2.45) is 0 Å². The summed E-state index contributed by atoms with van der Waals surface area (Å²) in [5.41, 5.74) is 2.06. The fraction of sp³-hybridized carbons (Fsp3) is 0.250. The number of hydrogen-bond acceptors (Lipinski definition) is 3. The number of hydrogen-bond donors (Lipinski definition) is 0.